The van der Waals surface area contributed by atoms with Crippen molar-refractivity contribution in [2.75, 3.05) is 32.7 Å². The highest BCUT2D eigenvalue weighted by Gasteiger charge is 2.49. The Morgan fingerprint density at radius 1 is 0.600 bits per heavy atom. The summed E-state index contributed by atoms with van der Waals surface area (Å²) in [6.45, 7) is 5.17. The SMILES string of the molecule is CCCCCCNC(=O)[C@H](CNC(=O)c1ccc(C(=O)N2C[C@@H](C(=O)N[C@H]3C[C@@H]3c3ccccc3)[C@H](C(=O)N[C@H]3C[C@@H]3c3ccccc3)C2)cc1)NC(=O)NCCCCC. The first kappa shape index (κ1) is 43.8. The number of benzene rings is 3. The number of likely N-dealkylation sites (tertiary alicyclic amines) is 1. The molecule has 3 aromatic carbocycles. The van der Waals surface area contributed by atoms with Gasteiger partial charge in [-0.2, -0.15) is 0 Å². The van der Waals surface area contributed by atoms with Crippen molar-refractivity contribution in [2.45, 2.75) is 102 Å². The number of nitrogens with one attached hydrogen (secondary N) is 6. The molecule has 60 heavy (non-hydrogen) atoms. The zero-order chi connectivity index (χ0) is 42.4. The summed E-state index contributed by atoms with van der Waals surface area (Å²) in [6.07, 6.45) is 8.39. The fourth-order valence-electron chi connectivity index (χ4n) is 8.05. The number of nitrogens with zero attached hydrogens (tertiary/aromatic N) is 1. The lowest BCUT2D eigenvalue weighted by molar-refractivity contribution is -0.133. The molecule has 3 aliphatic rings. The van der Waals surface area contributed by atoms with Gasteiger partial charge in [0.2, 0.25) is 17.7 Å². The van der Waals surface area contributed by atoms with Gasteiger partial charge in [0, 0.05) is 67.8 Å². The summed E-state index contributed by atoms with van der Waals surface area (Å²) < 4.78 is 0. The van der Waals surface area contributed by atoms with Gasteiger partial charge in [-0.05, 0) is 61.1 Å². The molecule has 1 saturated heterocycles. The number of urea groups is 1. The molecule has 13 nitrogen and oxygen atoms in total. The summed E-state index contributed by atoms with van der Waals surface area (Å²) >= 11 is 0. The normalized spacial score (nSPS) is 21.9. The lowest BCUT2D eigenvalue weighted by Crippen LogP contribution is -2.55. The van der Waals surface area contributed by atoms with E-state index >= 15 is 0 Å². The van der Waals surface area contributed by atoms with Crippen molar-refractivity contribution < 1.29 is 28.8 Å². The largest absolute Gasteiger partial charge is 0.354 e. The first-order chi connectivity index (χ1) is 29.2. The molecule has 13 heteroatoms. The first-order valence-electron chi connectivity index (χ1n) is 21.9. The predicted molar refractivity (Wildman–Crippen MR) is 230 cm³/mol. The van der Waals surface area contributed by atoms with Crippen LogP contribution in [0.4, 0.5) is 4.79 Å². The first-order valence-corrected chi connectivity index (χ1v) is 21.9. The smallest absolute Gasteiger partial charge is 0.315 e. The van der Waals surface area contributed by atoms with Crippen LogP contribution >= 0.6 is 0 Å². The number of carbonyl (C=O) groups excluding carboxylic acids is 6. The standard InChI is InChI=1S/C47H61N7O6/c1-3-5-7-15-24-48-45(58)41(53-47(60)49-25-14-6-4-2)28-50-42(55)33-20-22-34(23-21-33)46(59)54-29-37(43(56)51-39-26-35(39)31-16-10-8-11-17-31)38(30-54)44(57)52-40-27-36(40)32-18-12-9-13-19-32/h8-13,16-23,35-41H,3-7,14-15,24-30H2,1-2H3,(H,48,58)(H,50,55)(H,51,56)(H,52,57)(H2,49,53,60)/t35-,36-,37-,38-,39+,40+,41+/m1/s1. The third kappa shape index (κ3) is 12.2. The highest BCUT2D eigenvalue weighted by Crippen LogP contribution is 2.42. The maximum absolute atomic E-state index is 13.9. The van der Waals surface area contributed by atoms with Gasteiger partial charge in [-0.15, -0.1) is 0 Å². The van der Waals surface area contributed by atoms with E-state index in [0.717, 1.165) is 68.9 Å². The molecule has 7 atom stereocenters. The van der Waals surface area contributed by atoms with E-state index in [0.29, 0.717) is 18.7 Å². The van der Waals surface area contributed by atoms with Gasteiger partial charge in [-0.25, -0.2) is 4.79 Å². The van der Waals surface area contributed by atoms with Crippen molar-refractivity contribution in [1.82, 2.24) is 36.8 Å². The van der Waals surface area contributed by atoms with Gasteiger partial charge in [-0.3, -0.25) is 24.0 Å². The monoisotopic (exact) mass is 819 g/mol. The van der Waals surface area contributed by atoms with Crippen LogP contribution in [0.25, 0.3) is 0 Å². The minimum Gasteiger partial charge on any atom is -0.354 e. The van der Waals surface area contributed by atoms with E-state index in [4.69, 9.17) is 0 Å². The van der Waals surface area contributed by atoms with Crippen molar-refractivity contribution in [3.63, 3.8) is 0 Å². The third-order valence-electron chi connectivity index (χ3n) is 11.9. The van der Waals surface area contributed by atoms with Gasteiger partial charge in [-0.1, -0.05) is 107 Å². The maximum atomic E-state index is 13.9. The molecule has 2 saturated carbocycles. The molecule has 3 fully saturated rings. The number of hydrogen-bond donors (Lipinski definition) is 6. The van der Waals surface area contributed by atoms with Crippen LogP contribution in [0, 0.1) is 11.8 Å². The lowest BCUT2D eigenvalue weighted by Gasteiger charge is -2.20. The number of amides is 7. The summed E-state index contributed by atoms with van der Waals surface area (Å²) in [5.41, 5.74) is 2.90. The summed E-state index contributed by atoms with van der Waals surface area (Å²) in [5.74, 6) is -2.69. The highest BCUT2D eigenvalue weighted by molar-refractivity contribution is 5.99. The lowest BCUT2D eigenvalue weighted by atomic mass is 9.94. The van der Waals surface area contributed by atoms with Gasteiger partial charge in [0.1, 0.15) is 6.04 Å². The molecule has 6 N–H and O–H groups in total. The van der Waals surface area contributed by atoms with E-state index in [9.17, 15) is 28.8 Å². The van der Waals surface area contributed by atoms with Gasteiger partial charge in [0.25, 0.3) is 11.8 Å². The quantitative estimate of drug-likeness (QED) is 0.0824. The van der Waals surface area contributed by atoms with Crippen LogP contribution in [0.3, 0.4) is 0 Å². The highest BCUT2D eigenvalue weighted by atomic mass is 16.2. The molecule has 7 amide bonds. The fraction of sp³-hybridized carbons (Fsp3) is 0.489. The van der Waals surface area contributed by atoms with Gasteiger partial charge in [0.15, 0.2) is 0 Å². The van der Waals surface area contributed by atoms with Crippen LogP contribution in [-0.4, -0.2) is 91.3 Å². The number of unbranched alkanes of at least 4 members (excludes halogenated alkanes) is 5. The number of hydrogen-bond acceptors (Lipinski definition) is 6. The average Bonchev–Trinajstić information content (AvgIpc) is 4.18. The molecule has 0 radical (unpaired) electrons. The second kappa shape index (κ2) is 21.5. The minimum absolute atomic E-state index is 0.0263. The van der Waals surface area contributed by atoms with Crippen LogP contribution in [0.15, 0.2) is 84.9 Å². The van der Waals surface area contributed by atoms with Crippen LogP contribution < -0.4 is 31.9 Å². The second-order valence-corrected chi connectivity index (χ2v) is 16.5. The summed E-state index contributed by atoms with van der Waals surface area (Å²) in [6, 6.07) is 24.7. The molecule has 1 heterocycles. The van der Waals surface area contributed by atoms with E-state index in [-0.39, 0.29) is 72.7 Å². The predicted octanol–water partition coefficient (Wildman–Crippen LogP) is 5.00. The Morgan fingerprint density at radius 2 is 1.10 bits per heavy atom. The Hall–Kier alpha value is -5.72. The molecule has 320 valence electrons. The average molecular weight is 820 g/mol. The fourth-order valence-corrected chi connectivity index (χ4v) is 8.05. The molecule has 0 unspecified atom stereocenters. The number of carbonyl (C=O) groups is 6. The van der Waals surface area contributed by atoms with Gasteiger partial charge < -0.3 is 36.8 Å². The van der Waals surface area contributed by atoms with E-state index in [1.807, 2.05) is 36.4 Å². The topological polar surface area (TPSA) is 178 Å². The Labute approximate surface area is 353 Å². The zero-order valence-corrected chi connectivity index (χ0v) is 34.9. The molecule has 6 rings (SSSR count). The summed E-state index contributed by atoms with van der Waals surface area (Å²) in [4.78, 5) is 82.1. The van der Waals surface area contributed by atoms with Gasteiger partial charge >= 0.3 is 6.03 Å². The number of rotatable bonds is 21. The molecular formula is C47H61N7O6. The van der Waals surface area contributed by atoms with Crippen LogP contribution in [0.5, 0.6) is 0 Å². The van der Waals surface area contributed by atoms with Crippen LogP contribution in [0.2, 0.25) is 0 Å². The third-order valence-corrected chi connectivity index (χ3v) is 11.9. The van der Waals surface area contributed by atoms with Crippen molar-refractivity contribution in [2.24, 2.45) is 11.8 Å². The van der Waals surface area contributed by atoms with Crippen LogP contribution in [-0.2, 0) is 14.4 Å². The molecule has 0 bridgehead atoms. The Bertz CT molecular complexity index is 1850. The molecule has 0 spiro atoms. The Kier molecular flexibility index (Phi) is 15.7. The summed E-state index contributed by atoms with van der Waals surface area (Å²) in [7, 11) is 0. The molecule has 3 aromatic rings. The maximum Gasteiger partial charge on any atom is 0.315 e. The van der Waals surface area contributed by atoms with E-state index < -0.39 is 29.8 Å². The Balaban J connectivity index is 1.06. The molecule has 0 aromatic heterocycles. The summed E-state index contributed by atoms with van der Waals surface area (Å²) in [5, 5.41) is 17.4. The molecular weight excluding hydrogens is 759 g/mol. The zero-order valence-electron chi connectivity index (χ0n) is 34.9. The van der Waals surface area contributed by atoms with Crippen molar-refractivity contribution >= 4 is 35.6 Å². The second-order valence-electron chi connectivity index (χ2n) is 16.5. The van der Waals surface area contributed by atoms with Crippen molar-refractivity contribution in [3.8, 4) is 0 Å². The molecule has 2 aliphatic carbocycles. The van der Waals surface area contributed by atoms with Crippen LogP contribution in [0.1, 0.15) is 115 Å². The van der Waals surface area contributed by atoms with E-state index in [2.05, 4.69) is 70.0 Å². The van der Waals surface area contributed by atoms with Gasteiger partial charge in [0.05, 0.1) is 11.8 Å². The molecule has 1 aliphatic heterocycles. The van der Waals surface area contributed by atoms with E-state index in [1.165, 1.54) is 12.1 Å². The van der Waals surface area contributed by atoms with Crippen molar-refractivity contribution in [1.29, 1.82) is 0 Å². The van der Waals surface area contributed by atoms with Crippen molar-refractivity contribution in [3.05, 3.63) is 107 Å². The van der Waals surface area contributed by atoms with E-state index in [1.54, 1.807) is 17.0 Å². The Morgan fingerprint density at radius 3 is 1.65 bits per heavy atom. The minimum atomic E-state index is -0.995.